The first-order valence-corrected chi connectivity index (χ1v) is 5.95. The fourth-order valence-electron chi connectivity index (χ4n) is 2.57. The van der Waals surface area contributed by atoms with E-state index in [4.69, 9.17) is 5.73 Å². The predicted octanol–water partition coefficient (Wildman–Crippen LogP) is 3.02. The van der Waals surface area contributed by atoms with Gasteiger partial charge in [-0.3, -0.25) is 4.68 Å². The van der Waals surface area contributed by atoms with Crippen molar-refractivity contribution in [2.45, 2.75) is 25.1 Å². The summed E-state index contributed by atoms with van der Waals surface area (Å²) >= 11 is 0. The first kappa shape index (κ1) is 12.1. The lowest BCUT2D eigenvalue weighted by Crippen LogP contribution is -2.09. The summed E-state index contributed by atoms with van der Waals surface area (Å²) in [7, 11) is 0. The zero-order chi connectivity index (χ0) is 13.6. The molecule has 1 atom stereocenters. The number of rotatable bonds is 1. The zero-order valence-electron chi connectivity index (χ0n) is 9.98. The van der Waals surface area contributed by atoms with Crippen molar-refractivity contribution in [1.29, 1.82) is 0 Å². The first-order chi connectivity index (χ1) is 8.95. The highest BCUT2D eigenvalue weighted by Gasteiger charge is 2.33. The second-order valence-electron chi connectivity index (χ2n) is 4.72. The molecule has 3 nitrogen and oxygen atoms in total. The van der Waals surface area contributed by atoms with Gasteiger partial charge in [-0.05, 0) is 36.1 Å². The predicted molar refractivity (Wildman–Crippen MR) is 64.5 cm³/mol. The molecule has 1 unspecified atom stereocenters. The Hall–Kier alpha value is -1.98. The van der Waals surface area contributed by atoms with E-state index in [0.717, 1.165) is 23.6 Å². The van der Waals surface area contributed by atoms with Crippen LogP contribution in [0.3, 0.4) is 0 Å². The Bertz CT molecular complexity index is 616. The van der Waals surface area contributed by atoms with Gasteiger partial charge in [0.2, 0.25) is 0 Å². The van der Waals surface area contributed by atoms with Crippen molar-refractivity contribution >= 4 is 5.69 Å². The second-order valence-corrected chi connectivity index (χ2v) is 4.72. The fourth-order valence-corrected chi connectivity index (χ4v) is 2.57. The van der Waals surface area contributed by atoms with Crippen LogP contribution in [0.25, 0.3) is 0 Å². The molecule has 100 valence electrons. The van der Waals surface area contributed by atoms with Gasteiger partial charge in [-0.25, -0.2) is 0 Å². The minimum atomic E-state index is -4.29. The van der Waals surface area contributed by atoms with Gasteiger partial charge in [-0.1, -0.05) is 6.07 Å². The molecule has 1 aromatic carbocycles. The van der Waals surface area contributed by atoms with Crippen molar-refractivity contribution in [3.05, 3.63) is 47.3 Å². The van der Waals surface area contributed by atoms with Crippen molar-refractivity contribution in [2.75, 3.05) is 5.73 Å². The van der Waals surface area contributed by atoms with Crippen LogP contribution in [-0.2, 0) is 12.6 Å². The smallest absolute Gasteiger partial charge is 0.396 e. The van der Waals surface area contributed by atoms with Gasteiger partial charge in [0.05, 0.1) is 23.5 Å². The number of aryl methyl sites for hydroxylation is 1. The lowest BCUT2D eigenvalue weighted by Gasteiger charge is -2.13. The van der Waals surface area contributed by atoms with Gasteiger partial charge in [0, 0.05) is 6.20 Å². The maximum absolute atomic E-state index is 12.6. The van der Waals surface area contributed by atoms with Gasteiger partial charge >= 0.3 is 6.18 Å². The highest BCUT2D eigenvalue weighted by molar-refractivity contribution is 5.40. The molecule has 1 aliphatic carbocycles. The van der Waals surface area contributed by atoms with Crippen molar-refractivity contribution in [3.63, 3.8) is 0 Å². The molecule has 3 rings (SSSR count). The normalized spacial score (nSPS) is 18.6. The van der Waals surface area contributed by atoms with Crippen LogP contribution in [0.4, 0.5) is 18.9 Å². The van der Waals surface area contributed by atoms with Crippen LogP contribution < -0.4 is 5.73 Å². The van der Waals surface area contributed by atoms with Crippen molar-refractivity contribution in [3.8, 4) is 0 Å². The Balaban J connectivity index is 1.98. The monoisotopic (exact) mass is 267 g/mol. The number of anilines is 1. The van der Waals surface area contributed by atoms with Crippen LogP contribution in [0.5, 0.6) is 0 Å². The number of nitrogens with zero attached hydrogens (tertiary/aromatic N) is 2. The molecular formula is C13H12F3N3. The van der Waals surface area contributed by atoms with Crippen LogP contribution in [-0.4, -0.2) is 9.78 Å². The first-order valence-electron chi connectivity index (χ1n) is 5.95. The number of hydrogen-bond donors (Lipinski definition) is 1. The van der Waals surface area contributed by atoms with E-state index in [1.807, 2.05) is 0 Å². The van der Waals surface area contributed by atoms with Gasteiger partial charge in [0.25, 0.3) is 0 Å². The molecule has 1 heterocycles. The largest absolute Gasteiger partial charge is 0.416 e. The molecular weight excluding hydrogens is 255 g/mol. The Morgan fingerprint density at radius 1 is 1.32 bits per heavy atom. The lowest BCUT2D eigenvalue weighted by molar-refractivity contribution is -0.137. The Kier molecular flexibility index (Phi) is 2.55. The maximum atomic E-state index is 12.6. The highest BCUT2D eigenvalue weighted by atomic mass is 19.4. The van der Waals surface area contributed by atoms with Crippen LogP contribution in [0.1, 0.15) is 29.2 Å². The fraction of sp³-hybridized carbons (Fsp3) is 0.308. The van der Waals surface area contributed by atoms with Crippen molar-refractivity contribution < 1.29 is 13.2 Å². The summed E-state index contributed by atoms with van der Waals surface area (Å²) in [5.41, 5.74) is 7.22. The molecule has 2 aromatic rings. The zero-order valence-corrected chi connectivity index (χ0v) is 9.98. The van der Waals surface area contributed by atoms with E-state index in [1.54, 1.807) is 23.1 Å². The third-order valence-electron chi connectivity index (χ3n) is 3.46. The third kappa shape index (κ3) is 2.07. The van der Waals surface area contributed by atoms with E-state index in [9.17, 15) is 13.2 Å². The molecule has 0 saturated carbocycles. The Morgan fingerprint density at radius 3 is 2.74 bits per heavy atom. The van der Waals surface area contributed by atoms with Crippen LogP contribution in [0.2, 0.25) is 0 Å². The number of benzene rings is 1. The number of aromatic nitrogens is 2. The lowest BCUT2D eigenvalue weighted by atomic mass is 10.0. The SMILES string of the molecule is Nc1cnn(C2CCc3cc(C(F)(F)F)ccc32)c1. The average molecular weight is 267 g/mol. The molecule has 0 saturated heterocycles. The van der Waals surface area contributed by atoms with Crippen molar-refractivity contribution in [1.82, 2.24) is 9.78 Å². The van der Waals surface area contributed by atoms with Crippen LogP contribution in [0.15, 0.2) is 30.6 Å². The number of nitrogen functional groups attached to an aromatic ring is 1. The molecule has 0 amide bonds. The molecule has 0 radical (unpaired) electrons. The third-order valence-corrected chi connectivity index (χ3v) is 3.46. The number of nitrogens with two attached hydrogens (primary N) is 1. The van der Waals surface area contributed by atoms with Gasteiger partial charge in [0.15, 0.2) is 0 Å². The summed E-state index contributed by atoms with van der Waals surface area (Å²) in [6, 6.07) is 3.90. The van der Waals surface area contributed by atoms with E-state index in [2.05, 4.69) is 5.10 Å². The van der Waals surface area contributed by atoms with E-state index < -0.39 is 11.7 Å². The molecule has 0 spiro atoms. The quantitative estimate of drug-likeness (QED) is 0.863. The Labute approximate surface area is 107 Å². The number of alkyl halides is 3. The minimum absolute atomic E-state index is 0.0189. The standard InChI is InChI=1S/C13H12F3N3/c14-13(15,16)9-2-3-11-8(5-9)1-4-12(11)19-7-10(17)6-18-19/h2-3,5-7,12H,1,4,17H2. The molecule has 0 aliphatic heterocycles. The van der Waals surface area contributed by atoms with Crippen LogP contribution in [0, 0.1) is 0 Å². The summed E-state index contributed by atoms with van der Waals surface area (Å²) in [5.74, 6) is 0. The number of halogens is 3. The van der Waals surface area contributed by atoms with Crippen LogP contribution >= 0.6 is 0 Å². The van der Waals surface area contributed by atoms with E-state index in [0.29, 0.717) is 12.1 Å². The molecule has 6 heteroatoms. The van der Waals surface area contributed by atoms with E-state index in [1.165, 1.54) is 6.07 Å². The average Bonchev–Trinajstić information content (AvgIpc) is 2.92. The molecule has 1 aromatic heterocycles. The number of hydrogen-bond acceptors (Lipinski definition) is 2. The maximum Gasteiger partial charge on any atom is 0.416 e. The molecule has 1 aliphatic rings. The molecule has 0 fully saturated rings. The van der Waals surface area contributed by atoms with E-state index >= 15 is 0 Å². The summed E-state index contributed by atoms with van der Waals surface area (Å²) in [5, 5.41) is 4.14. The molecule has 0 bridgehead atoms. The van der Waals surface area contributed by atoms with Crippen molar-refractivity contribution in [2.24, 2.45) is 0 Å². The summed E-state index contributed by atoms with van der Waals surface area (Å²) in [6.45, 7) is 0. The van der Waals surface area contributed by atoms with E-state index in [-0.39, 0.29) is 6.04 Å². The number of fused-ring (bicyclic) bond motifs is 1. The topological polar surface area (TPSA) is 43.8 Å². The second kappa shape index (κ2) is 4.01. The minimum Gasteiger partial charge on any atom is -0.396 e. The van der Waals surface area contributed by atoms with Gasteiger partial charge in [0.1, 0.15) is 0 Å². The summed E-state index contributed by atoms with van der Waals surface area (Å²) in [4.78, 5) is 0. The summed E-state index contributed by atoms with van der Waals surface area (Å²) < 4.78 is 39.7. The van der Waals surface area contributed by atoms with Gasteiger partial charge in [-0.15, -0.1) is 0 Å². The van der Waals surface area contributed by atoms with Gasteiger partial charge in [-0.2, -0.15) is 18.3 Å². The highest BCUT2D eigenvalue weighted by Crippen LogP contribution is 2.38. The van der Waals surface area contributed by atoms with Gasteiger partial charge < -0.3 is 5.73 Å². The Morgan fingerprint density at radius 2 is 2.11 bits per heavy atom. The molecule has 19 heavy (non-hydrogen) atoms. The molecule has 2 N–H and O–H groups in total. The summed E-state index contributed by atoms with van der Waals surface area (Å²) in [6.07, 6.45) is 0.338.